The van der Waals surface area contributed by atoms with Crippen LogP contribution in [-0.2, 0) is 0 Å². The first kappa shape index (κ1) is 13.8. The maximum atomic E-state index is 12.0. The molecular weight excluding hydrogens is 288 g/mol. The van der Waals surface area contributed by atoms with E-state index in [0.717, 1.165) is 0 Å². The summed E-state index contributed by atoms with van der Waals surface area (Å²) in [5, 5.41) is 2.35. The van der Waals surface area contributed by atoms with E-state index in [0.29, 0.717) is 18.2 Å². The van der Waals surface area contributed by atoms with E-state index < -0.39 is 11.5 Å². The van der Waals surface area contributed by atoms with Crippen LogP contribution in [0.4, 0.5) is 11.6 Å². The topological polar surface area (TPSA) is 97.6 Å². The molecule has 1 amide bonds. The Morgan fingerprint density at radius 1 is 1.41 bits per heavy atom. The molecule has 22 heavy (non-hydrogen) atoms. The second-order valence-electron chi connectivity index (χ2n) is 4.34. The second kappa shape index (κ2) is 5.68. The monoisotopic (exact) mass is 300 g/mol. The zero-order valence-corrected chi connectivity index (χ0v) is 11.5. The first-order valence-electron chi connectivity index (χ1n) is 6.48. The highest BCUT2D eigenvalue weighted by atomic mass is 16.5. The molecular formula is C14H12N4O4. The molecule has 0 saturated heterocycles. The lowest BCUT2D eigenvalue weighted by Gasteiger charge is -2.28. The van der Waals surface area contributed by atoms with Crippen LogP contribution in [0.5, 0.6) is 5.75 Å². The van der Waals surface area contributed by atoms with Gasteiger partial charge in [-0.3, -0.25) is 4.79 Å². The number of hydrogen-bond donors (Lipinski definition) is 1. The molecule has 2 aromatic heterocycles. The Bertz CT molecular complexity index is 772. The fourth-order valence-electron chi connectivity index (χ4n) is 2.08. The first-order chi connectivity index (χ1) is 10.7. The van der Waals surface area contributed by atoms with Gasteiger partial charge in [0.25, 0.3) is 5.91 Å². The van der Waals surface area contributed by atoms with Gasteiger partial charge < -0.3 is 19.4 Å². The average Bonchev–Trinajstić information content (AvgIpc) is 2.55. The van der Waals surface area contributed by atoms with Gasteiger partial charge in [0.2, 0.25) is 11.7 Å². The van der Waals surface area contributed by atoms with Gasteiger partial charge in [0.1, 0.15) is 6.61 Å². The summed E-state index contributed by atoms with van der Waals surface area (Å²) in [7, 11) is 0. The molecule has 1 aliphatic heterocycles. The van der Waals surface area contributed by atoms with Gasteiger partial charge in [-0.25, -0.2) is 14.8 Å². The van der Waals surface area contributed by atoms with Crippen LogP contribution in [0.3, 0.4) is 0 Å². The van der Waals surface area contributed by atoms with Gasteiger partial charge in [-0.15, -0.1) is 0 Å². The quantitative estimate of drug-likeness (QED) is 0.896. The summed E-state index contributed by atoms with van der Waals surface area (Å²) in [4.78, 5) is 33.8. The van der Waals surface area contributed by atoms with Crippen molar-refractivity contribution < 1.29 is 13.9 Å². The molecule has 3 rings (SSSR count). The normalized spacial score (nSPS) is 13.0. The van der Waals surface area contributed by atoms with Crippen LogP contribution in [0.25, 0.3) is 0 Å². The molecule has 3 heterocycles. The molecule has 0 spiro atoms. The Balaban J connectivity index is 2.10. The lowest BCUT2D eigenvalue weighted by molar-refractivity contribution is 0.0937. The van der Waals surface area contributed by atoms with E-state index in [2.05, 4.69) is 21.9 Å². The standard InChI is InChI=1S/C14H12N4O4/c1-2-15-12(19)10-8-9-11(13(20)22-10)21-7-6-18(9)14-16-4-3-5-17-14/h2-5,8H,1,6-7H2,(H,15,19). The molecule has 0 radical (unpaired) electrons. The predicted octanol–water partition coefficient (Wildman–Crippen LogP) is 0.834. The van der Waals surface area contributed by atoms with Crippen LogP contribution in [0.1, 0.15) is 10.6 Å². The summed E-state index contributed by atoms with van der Waals surface area (Å²) >= 11 is 0. The van der Waals surface area contributed by atoms with Gasteiger partial charge in [0.05, 0.1) is 12.2 Å². The second-order valence-corrected chi connectivity index (χ2v) is 4.34. The maximum absolute atomic E-state index is 12.0. The van der Waals surface area contributed by atoms with E-state index in [1.165, 1.54) is 12.3 Å². The van der Waals surface area contributed by atoms with Crippen molar-refractivity contribution in [2.45, 2.75) is 0 Å². The zero-order valence-electron chi connectivity index (χ0n) is 11.5. The minimum absolute atomic E-state index is 0.0360. The summed E-state index contributed by atoms with van der Waals surface area (Å²) in [6, 6.07) is 3.11. The highest BCUT2D eigenvalue weighted by Gasteiger charge is 2.27. The molecule has 8 nitrogen and oxygen atoms in total. The van der Waals surface area contributed by atoms with E-state index >= 15 is 0 Å². The lowest BCUT2D eigenvalue weighted by Crippen LogP contribution is -2.33. The molecule has 0 atom stereocenters. The van der Waals surface area contributed by atoms with Crippen molar-refractivity contribution in [1.82, 2.24) is 15.3 Å². The molecule has 0 saturated carbocycles. The molecule has 2 aromatic rings. The van der Waals surface area contributed by atoms with Crippen molar-refractivity contribution in [1.29, 1.82) is 0 Å². The molecule has 1 aliphatic rings. The largest absolute Gasteiger partial charge is 0.483 e. The fourth-order valence-corrected chi connectivity index (χ4v) is 2.08. The summed E-state index contributed by atoms with van der Waals surface area (Å²) in [6.45, 7) is 4.13. The van der Waals surface area contributed by atoms with E-state index in [9.17, 15) is 9.59 Å². The van der Waals surface area contributed by atoms with Crippen LogP contribution in [0, 0.1) is 0 Å². The Kier molecular flexibility index (Phi) is 3.57. The molecule has 112 valence electrons. The van der Waals surface area contributed by atoms with Gasteiger partial charge in [-0.05, 0) is 12.3 Å². The third-order valence-corrected chi connectivity index (χ3v) is 2.99. The van der Waals surface area contributed by atoms with Crippen LogP contribution in [0.2, 0.25) is 0 Å². The number of hydrogen-bond acceptors (Lipinski definition) is 7. The molecule has 0 aromatic carbocycles. The molecule has 0 aliphatic carbocycles. The van der Waals surface area contributed by atoms with Gasteiger partial charge in [-0.1, -0.05) is 6.58 Å². The van der Waals surface area contributed by atoms with Crippen LogP contribution < -0.4 is 20.6 Å². The SMILES string of the molecule is C=CNC(=O)c1cc2c(c(=O)o1)OCCN2c1ncccn1. The van der Waals surface area contributed by atoms with E-state index in [4.69, 9.17) is 9.15 Å². The Morgan fingerprint density at radius 3 is 2.91 bits per heavy atom. The number of amides is 1. The fraction of sp³-hybridized carbons (Fsp3) is 0.143. The van der Waals surface area contributed by atoms with Crippen molar-refractivity contribution in [2.24, 2.45) is 0 Å². The Labute approximate surface area is 125 Å². The molecule has 8 heteroatoms. The summed E-state index contributed by atoms with van der Waals surface area (Å²) < 4.78 is 10.3. The van der Waals surface area contributed by atoms with Gasteiger partial charge >= 0.3 is 5.63 Å². The summed E-state index contributed by atoms with van der Waals surface area (Å²) in [5.74, 6) is -0.272. The average molecular weight is 300 g/mol. The summed E-state index contributed by atoms with van der Waals surface area (Å²) in [5.41, 5.74) is -0.338. The van der Waals surface area contributed by atoms with Crippen molar-refractivity contribution in [2.75, 3.05) is 18.1 Å². The van der Waals surface area contributed by atoms with Gasteiger partial charge in [0.15, 0.2) is 5.76 Å². The molecule has 0 fully saturated rings. The minimum atomic E-state index is -0.729. The number of carbonyl (C=O) groups excluding carboxylic acids is 1. The van der Waals surface area contributed by atoms with Gasteiger partial charge in [-0.2, -0.15) is 0 Å². The number of rotatable bonds is 3. The van der Waals surface area contributed by atoms with E-state index in [1.807, 2.05) is 0 Å². The van der Waals surface area contributed by atoms with Gasteiger partial charge in [0, 0.05) is 18.5 Å². The summed E-state index contributed by atoms with van der Waals surface area (Å²) in [6.07, 6.45) is 4.39. The molecule has 0 bridgehead atoms. The Morgan fingerprint density at radius 2 is 2.18 bits per heavy atom. The Hall–Kier alpha value is -3.16. The van der Waals surface area contributed by atoms with Crippen molar-refractivity contribution >= 4 is 17.5 Å². The van der Waals surface area contributed by atoms with E-state index in [-0.39, 0.29) is 18.1 Å². The zero-order chi connectivity index (χ0) is 15.5. The smallest absolute Gasteiger partial charge is 0.381 e. The number of carbonyl (C=O) groups is 1. The van der Waals surface area contributed by atoms with Crippen LogP contribution in [0.15, 0.2) is 46.5 Å². The molecule has 0 unspecified atom stereocenters. The minimum Gasteiger partial charge on any atom is -0.483 e. The number of fused-ring (bicyclic) bond motifs is 1. The lowest BCUT2D eigenvalue weighted by atomic mass is 10.2. The first-order valence-corrected chi connectivity index (χ1v) is 6.48. The van der Waals surface area contributed by atoms with Crippen molar-refractivity contribution in [3.8, 4) is 5.75 Å². The van der Waals surface area contributed by atoms with Crippen LogP contribution >= 0.6 is 0 Å². The van der Waals surface area contributed by atoms with Crippen molar-refractivity contribution in [3.63, 3.8) is 0 Å². The van der Waals surface area contributed by atoms with Crippen molar-refractivity contribution in [3.05, 3.63) is 53.5 Å². The highest BCUT2D eigenvalue weighted by molar-refractivity contribution is 5.93. The number of anilines is 2. The third-order valence-electron chi connectivity index (χ3n) is 2.99. The number of ether oxygens (including phenoxy) is 1. The number of nitrogens with zero attached hydrogens (tertiary/aromatic N) is 3. The third kappa shape index (κ3) is 2.41. The number of aromatic nitrogens is 2. The predicted molar refractivity (Wildman–Crippen MR) is 77.2 cm³/mol. The maximum Gasteiger partial charge on any atom is 0.381 e. The highest BCUT2D eigenvalue weighted by Crippen LogP contribution is 2.32. The molecule has 1 N–H and O–H groups in total. The van der Waals surface area contributed by atoms with Crippen LogP contribution in [-0.4, -0.2) is 29.0 Å². The van der Waals surface area contributed by atoms with E-state index in [1.54, 1.807) is 23.4 Å². The number of nitrogens with one attached hydrogen (secondary N) is 1.